The fourth-order valence-corrected chi connectivity index (χ4v) is 1.88. The van der Waals surface area contributed by atoms with Gasteiger partial charge in [-0.05, 0) is 18.2 Å². The molecule has 0 aliphatic rings. The highest BCUT2D eigenvalue weighted by molar-refractivity contribution is 6.31. The van der Waals surface area contributed by atoms with E-state index in [1.807, 2.05) is 18.2 Å². The van der Waals surface area contributed by atoms with Crippen LogP contribution in [0.15, 0.2) is 48.5 Å². The standard InChI is InChI=1S/C16H12ClNO.ClH/c17-14-9-8-12(7-4-10-18)15(11-14)16(19)13-5-2-1-3-6-13;/h1-3,5-6,8-9,11H,10,18H2;1H. The maximum Gasteiger partial charge on any atom is 0.194 e. The van der Waals surface area contributed by atoms with Crippen molar-refractivity contribution in [3.8, 4) is 11.8 Å². The monoisotopic (exact) mass is 305 g/mol. The molecule has 20 heavy (non-hydrogen) atoms. The number of hydrogen-bond donors (Lipinski definition) is 1. The molecule has 2 N–H and O–H groups in total. The van der Waals surface area contributed by atoms with Gasteiger partial charge in [0, 0.05) is 21.7 Å². The summed E-state index contributed by atoms with van der Waals surface area (Å²) in [5, 5.41) is 0.512. The van der Waals surface area contributed by atoms with Crippen molar-refractivity contribution in [2.75, 3.05) is 6.54 Å². The molecule has 0 amide bonds. The smallest absolute Gasteiger partial charge is 0.194 e. The molecule has 0 fully saturated rings. The van der Waals surface area contributed by atoms with Crippen molar-refractivity contribution in [1.82, 2.24) is 0 Å². The van der Waals surface area contributed by atoms with Gasteiger partial charge in [0.15, 0.2) is 5.78 Å². The second kappa shape index (κ2) is 7.72. The van der Waals surface area contributed by atoms with Crippen LogP contribution in [-0.2, 0) is 0 Å². The van der Waals surface area contributed by atoms with Crippen LogP contribution in [0, 0.1) is 11.8 Å². The number of nitrogens with two attached hydrogens (primary N) is 1. The number of hydrogen-bond acceptors (Lipinski definition) is 2. The van der Waals surface area contributed by atoms with Crippen molar-refractivity contribution >= 4 is 29.8 Å². The summed E-state index contributed by atoms with van der Waals surface area (Å²) in [5.74, 6) is 5.56. The van der Waals surface area contributed by atoms with E-state index in [-0.39, 0.29) is 24.7 Å². The summed E-state index contributed by atoms with van der Waals surface area (Å²) in [5.41, 5.74) is 7.11. The van der Waals surface area contributed by atoms with Gasteiger partial charge in [0.25, 0.3) is 0 Å². The summed E-state index contributed by atoms with van der Waals surface area (Å²) in [6.07, 6.45) is 0. The highest BCUT2D eigenvalue weighted by Gasteiger charge is 2.12. The molecule has 102 valence electrons. The third kappa shape index (κ3) is 3.85. The van der Waals surface area contributed by atoms with Gasteiger partial charge in [-0.15, -0.1) is 12.4 Å². The second-order valence-corrected chi connectivity index (χ2v) is 4.33. The number of halogens is 2. The number of benzene rings is 2. The Balaban J connectivity index is 0.00000200. The van der Waals surface area contributed by atoms with Gasteiger partial charge in [0.1, 0.15) is 0 Å². The molecule has 0 bridgehead atoms. The van der Waals surface area contributed by atoms with Crippen LogP contribution in [0.2, 0.25) is 5.02 Å². The SMILES string of the molecule is Cl.NCC#Cc1ccc(Cl)cc1C(=O)c1ccccc1. The molecule has 0 atom stereocenters. The van der Waals surface area contributed by atoms with E-state index in [1.165, 1.54) is 0 Å². The van der Waals surface area contributed by atoms with Crippen molar-refractivity contribution in [3.05, 3.63) is 70.2 Å². The number of ketones is 1. The van der Waals surface area contributed by atoms with Crippen LogP contribution in [0.1, 0.15) is 21.5 Å². The van der Waals surface area contributed by atoms with Gasteiger partial charge in [-0.3, -0.25) is 4.79 Å². The Kier molecular flexibility index (Phi) is 6.27. The normalized spacial score (nSPS) is 9.10. The lowest BCUT2D eigenvalue weighted by Gasteiger charge is -2.05. The van der Waals surface area contributed by atoms with Crippen molar-refractivity contribution < 1.29 is 4.79 Å². The van der Waals surface area contributed by atoms with E-state index >= 15 is 0 Å². The summed E-state index contributed by atoms with van der Waals surface area (Å²) in [6.45, 7) is 0.252. The lowest BCUT2D eigenvalue weighted by Crippen LogP contribution is -2.04. The average Bonchev–Trinajstić information content (AvgIpc) is 2.46. The first-order chi connectivity index (χ1) is 9.22. The highest BCUT2D eigenvalue weighted by Crippen LogP contribution is 2.19. The van der Waals surface area contributed by atoms with Gasteiger partial charge in [-0.25, -0.2) is 0 Å². The second-order valence-electron chi connectivity index (χ2n) is 3.89. The molecule has 2 aromatic rings. The number of carbonyl (C=O) groups is 1. The minimum absolute atomic E-state index is 0. The zero-order valence-corrected chi connectivity index (χ0v) is 12.2. The molecule has 0 saturated carbocycles. The first-order valence-corrected chi connectivity index (χ1v) is 6.18. The molecular formula is C16H13Cl2NO. The van der Waals surface area contributed by atoms with Crippen molar-refractivity contribution in [1.29, 1.82) is 0 Å². The fraction of sp³-hybridized carbons (Fsp3) is 0.0625. The largest absolute Gasteiger partial charge is 0.320 e. The van der Waals surface area contributed by atoms with E-state index in [1.54, 1.807) is 30.3 Å². The number of rotatable bonds is 2. The molecule has 0 unspecified atom stereocenters. The van der Waals surface area contributed by atoms with E-state index in [0.29, 0.717) is 21.7 Å². The minimum Gasteiger partial charge on any atom is -0.320 e. The minimum atomic E-state index is -0.0931. The van der Waals surface area contributed by atoms with Crippen LogP contribution >= 0.6 is 24.0 Å². The van der Waals surface area contributed by atoms with Crippen molar-refractivity contribution in [2.45, 2.75) is 0 Å². The third-order valence-corrected chi connectivity index (χ3v) is 2.82. The van der Waals surface area contributed by atoms with Gasteiger partial charge in [-0.1, -0.05) is 53.8 Å². The topological polar surface area (TPSA) is 43.1 Å². The fourth-order valence-electron chi connectivity index (χ4n) is 1.70. The Hall–Kier alpha value is -1.79. The Morgan fingerprint density at radius 3 is 2.50 bits per heavy atom. The molecule has 0 saturated heterocycles. The van der Waals surface area contributed by atoms with E-state index in [9.17, 15) is 4.79 Å². The highest BCUT2D eigenvalue weighted by atomic mass is 35.5. The maximum absolute atomic E-state index is 12.4. The summed E-state index contributed by atoms with van der Waals surface area (Å²) in [7, 11) is 0. The molecule has 2 rings (SSSR count). The van der Waals surface area contributed by atoms with Gasteiger partial charge in [0.2, 0.25) is 0 Å². The summed E-state index contributed by atoms with van der Waals surface area (Å²) in [6, 6.07) is 14.1. The molecule has 0 heterocycles. The van der Waals surface area contributed by atoms with Crippen LogP contribution in [0.3, 0.4) is 0 Å². The molecule has 4 heteroatoms. The van der Waals surface area contributed by atoms with E-state index in [0.717, 1.165) is 0 Å². The van der Waals surface area contributed by atoms with Crippen LogP contribution in [-0.4, -0.2) is 12.3 Å². The zero-order chi connectivity index (χ0) is 13.7. The lowest BCUT2D eigenvalue weighted by atomic mass is 9.98. The third-order valence-electron chi connectivity index (χ3n) is 2.59. The molecule has 2 nitrogen and oxygen atoms in total. The predicted molar refractivity (Wildman–Crippen MR) is 84.5 cm³/mol. The Morgan fingerprint density at radius 2 is 1.85 bits per heavy atom. The first-order valence-electron chi connectivity index (χ1n) is 5.80. The predicted octanol–water partition coefficient (Wildman–Crippen LogP) is 3.30. The summed E-state index contributed by atoms with van der Waals surface area (Å²) < 4.78 is 0. The van der Waals surface area contributed by atoms with Crippen LogP contribution in [0.5, 0.6) is 0 Å². The lowest BCUT2D eigenvalue weighted by molar-refractivity contribution is 0.103. The van der Waals surface area contributed by atoms with Gasteiger partial charge in [-0.2, -0.15) is 0 Å². The number of carbonyl (C=O) groups excluding carboxylic acids is 1. The van der Waals surface area contributed by atoms with Gasteiger partial charge < -0.3 is 5.73 Å². The quantitative estimate of drug-likeness (QED) is 0.683. The molecule has 2 aromatic carbocycles. The molecular weight excluding hydrogens is 293 g/mol. The summed E-state index contributed by atoms with van der Waals surface area (Å²) >= 11 is 5.96. The van der Waals surface area contributed by atoms with Crippen LogP contribution in [0.4, 0.5) is 0 Å². The van der Waals surface area contributed by atoms with E-state index in [4.69, 9.17) is 17.3 Å². The molecule has 0 aromatic heterocycles. The van der Waals surface area contributed by atoms with E-state index < -0.39 is 0 Å². The van der Waals surface area contributed by atoms with Crippen molar-refractivity contribution in [2.24, 2.45) is 5.73 Å². The van der Waals surface area contributed by atoms with Crippen LogP contribution < -0.4 is 5.73 Å². The summed E-state index contributed by atoms with van der Waals surface area (Å²) in [4.78, 5) is 12.4. The average molecular weight is 306 g/mol. The molecule has 0 aliphatic heterocycles. The van der Waals surface area contributed by atoms with Gasteiger partial charge in [0.05, 0.1) is 6.54 Å². The first kappa shape index (κ1) is 16.3. The Morgan fingerprint density at radius 1 is 1.15 bits per heavy atom. The zero-order valence-electron chi connectivity index (χ0n) is 10.6. The molecule has 0 spiro atoms. The van der Waals surface area contributed by atoms with Crippen molar-refractivity contribution in [3.63, 3.8) is 0 Å². The van der Waals surface area contributed by atoms with E-state index in [2.05, 4.69) is 11.8 Å². The maximum atomic E-state index is 12.4. The Bertz CT molecular complexity index is 657. The Labute approximate surface area is 129 Å². The molecule has 0 aliphatic carbocycles. The molecule has 0 radical (unpaired) electrons. The van der Waals surface area contributed by atoms with Crippen LogP contribution in [0.25, 0.3) is 0 Å². The van der Waals surface area contributed by atoms with Gasteiger partial charge >= 0.3 is 0 Å².